The van der Waals surface area contributed by atoms with Crippen LogP contribution in [0.5, 0.6) is 0 Å². The van der Waals surface area contributed by atoms with Gasteiger partial charge in [-0.05, 0) is 101 Å². The van der Waals surface area contributed by atoms with Gasteiger partial charge in [-0.1, -0.05) is 61.8 Å². The SMILES string of the molecule is CC[C@H](C)[C@H](NC(=O)[C@@H](N)CC(C)C)C(=O)N[C@@H](CCSC)C(=O)N[C@@H](CCCCN)C(=O)N[C@@H](CC(=O)O)C(=O)NCC(=O)N[C@@H](CCCN=C(N)N)C(=O)N[C@H](C(=O)N[C@@H](CC(C)C)C(=O)N[C@H](C(=O)O)C(C)C)[C@@H](C)O. The Hall–Kier alpha value is -6.33. The third kappa shape index (κ3) is 29.5. The summed E-state index contributed by atoms with van der Waals surface area (Å²) in [6, 6.07) is -12.2. The first-order chi connectivity index (χ1) is 36.9. The smallest absolute Gasteiger partial charge is 0.326 e. The van der Waals surface area contributed by atoms with E-state index in [4.69, 9.17) is 22.9 Å². The quantitative estimate of drug-likeness (QED) is 0.0165. The molecule has 0 spiro atoms. The summed E-state index contributed by atoms with van der Waals surface area (Å²) in [5.74, 6) is -11.7. The van der Waals surface area contributed by atoms with Crippen LogP contribution in [0.15, 0.2) is 4.99 Å². The number of aliphatic imine (C=N–C) groups is 1. The van der Waals surface area contributed by atoms with Gasteiger partial charge in [0.2, 0.25) is 53.2 Å². The second-order valence-corrected chi connectivity index (χ2v) is 21.7. The molecule has 0 aromatic rings. The molecule has 0 heterocycles. The van der Waals surface area contributed by atoms with Crippen molar-refractivity contribution < 1.29 is 68.1 Å². The van der Waals surface area contributed by atoms with Gasteiger partial charge in [-0.3, -0.25) is 52.9 Å². The molecule has 0 bridgehead atoms. The number of aliphatic hydroxyl groups is 1. The second kappa shape index (κ2) is 38.3. The molecule has 452 valence electrons. The van der Waals surface area contributed by atoms with Crippen molar-refractivity contribution >= 4 is 82.8 Å². The van der Waals surface area contributed by atoms with Crippen LogP contribution in [0.2, 0.25) is 0 Å². The van der Waals surface area contributed by atoms with Crippen LogP contribution in [0.1, 0.15) is 127 Å². The number of nitrogens with zero attached hydrogens (tertiary/aromatic N) is 1. The Bertz CT molecular complexity index is 2040. The Kier molecular flexibility index (Phi) is 35.2. The molecule has 29 heteroatoms. The predicted molar refractivity (Wildman–Crippen MR) is 297 cm³/mol. The molecule has 0 fully saturated rings. The summed E-state index contributed by atoms with van der Waals surface area (Å²) >= 11 is 1.38. The van der Waals surface area contributed by atoms with E-state index in [9.17, 15) is 68.1 Å². The molecule has 79 heavy (non-hydrogen) atoms. The Morgan fingerprint density at radius 3 is 1.54 bits per heavy atom. The maximum Gasteiger partial charge on any atom is 0.326 e. The Morgan fingerprint density at radius 2 is 1.04 bits per heavy atom. The standard InChI is InChI=1S/C50H92N14O14S/c1-11-28(8)39(63-41(69)30(52)21-25(2)3)47(75)59-33(17-20-79-10)44(72)58-32(15-12-13-18-51)43(71)60-35(23-37(67)68)42(70)56-24-36(66)57-31(16-14-19-55-50(53)54)45(73)64-40(29(9)65)48(76)61-34(22-26(4)5)46(74)62-38(27(6)7)49(77)78/h25-35,38-40,65H,11-24,51-52H2,1-10H3,(H,56,70)(H,57,66)(H,58,72)(H,59,75)(H,60,71)(H,61,76)(H,62,74)(H,63,69)(H,64,73)(H,67,68)(H,77,78)(H4,53,54,55)/t28-,29+,30-,31-,32-,33-,34-,35-,38-,39-,40-/m0/s1. The molecule has 0 aliphatic rings. The van der Waals surface area contributed by atoms with E-state index in [2.05, 4.69) is 52.8 Å². The van der Waals surface area contributed by atoms with E-state index >= 15 is 0 Å². The van der Waals surface area contributed by atoms with Crippen LogP contribution in [-0.4, -0.2) is 179 Å². The zero-order valence-corrected chi connectivity index (χ0v) is 48.3. The van der Waals surface area contributed by atoms with Crippen molar-refractivity contribution in [2.75, 3.05) is 31.6 Å². The van der Waals surface area contributed by atoms with Crippen LogP contribution in [0, 0.1) is 23.7 Å². The first-order valence-electron chi connectivity index (χ1n) is 26.7. The molecular formula is C50H92N14O14S. The zero-order chi connectivity index (χ0) is 60.7. The number of aliphatic hydroxyl groups excluding tert-OH is 1. The maximum atomic E-state index is 14.0. The summed E-state index contributed by atoms with van der Waals surface area (Å²) in [4.78, 5) is 150. The number of guanidine groups is 1. The average molecular weight is 1150 g/mol. The van der Waals surface area contributed by atoms with Crippen LogP contribution in [0.3, 0.4) is 0 Å². The van der Waals surface area contributed by atoms with Crippen molar-refractivity contribution in [2.45, 2.75) is 187 Å². The van der Waals surface area contributed by atoms with Crippen molar-refractivity contribution in [3.8, 4) is 0 Å². The number of carboxylic acids is 2. The van der Waals surface area contributed by atoms with Crippen molar-refractivity contribution in [1.29, 1.82) is 0 Å². The van der Waals surface area contributed by atoms with Gasteiger partial charge < -0.3 is 86.1 Å². The molecule has 9 amide bonds. The molecule has 0 aromatic heterocycles. The van der Waals surface area contributed by atoms with Gasteiger partial charge >= 0.3 is 11.9 Å². The molecule has 0 aliphatic carbocycles. The normalized spacial score (nSPS) is 15.4. The van der Waals surface area contributed by atoms with Crippen LogP contribution in [0.4, 0.5) is 0 Å². The number of thioether (sulfide) groups is 1. The Balaban J connectivity index is 6.54. The predicted octanol–water partition coefficient (Wildman–Crippen LogP) is -3.02. The fourth-order valence-electron chi connectivity index (χ4n) is 7.73. The lowest BCUT2D eigenvalue weighted by Gasteiger charge is -2.29. The molecule has 0 aromatic carbocycles. The van der Waals surface area contributed by atoms with Gasteiger partial charge in [-0.15, -0.1) is 0 Å². The third-order valence-corrected chi connectivity index (χ3v) is 13.0. The largest absolute Gasteiger partial charge is 0.481 e. The fourth-order valence-corrected chi connectivity index (χ4v) is 8.20. The molecule has 20 N–H and O–H groups in total. The highest BCUT2D eigenvalue weighted by Gasteiger charge is 2.37. The summed E-state index contributed by atoms with van der Waals surface area (Å²) in [6.45, 7) is 14.5. The van der Waals surface area contributed by atoms with Crippen molar-refractivity contribution in [3.05, 3.63) is 0 Å². The van der Waals surface area contributed by atoms with Gasteiger partial charge in [0.15, 0.2) is 5.96 Å². The van der Waals surface area contributed by atoms with Gasteiger partial charge in [0.05, 0.1) is 25.1 Å². The molecular weight excluding hydrogens is 1050 g/mol. The van der Waals surface area contributed by atoms with Crippen molar-refractivity contribution in [3.63, 3.8) is 0 Å². The zero-order valence-electron chi connectivity index (χ0n) is 47.5. The molecule has 28 nitrogen and oxygen atoms in total. The highest BCUT2D eigenvalue weighted by molar-refractivity contribution is 7.98. The summed E-state index contributed by atoms with van der Waals surface area (Å²) in [5, 5.41) is 52.3. The molecule has 0 radical (unpaired) electrons. The maximum absolute atomic E-state index is 14.0. The van der Waals surface area contributed by atoms with Gasteiger partial charge in [0.1, 0.15) is 48.3 Å². The highest BCUT2D eigenvalue weighted by Crippen LogP contribution is 2.14. The van der Waals surface area contributed by atoms with Crippen LogP contribution in [-0.2, 0) is 52.7 Å². The number of hydrogen-bond donors (Lipinski definition) is 16. The Morgan fingerprint density at radius 1 is 0.557 bits per heavy atom. The number of nitrogens with one attached hydrogen (secondary N) is 9. The number of rotatable bonds is 40. The van der Waals surface area contributed by atoms with Crippen molar-refractivity contribution in [1.82, 2.24) is 47.9 Å². The molecule has 0 saturated carbocycles. The summed E-state index contributed by atoms with van der Waals surface area (Å²) in [7, 11) is 0. The lowest BCUT2D eigenvalue weighted by atomic mass is 9.96. The van der Waals surface area contributed by atoms with Gasteiger partial charge in [0, 0.05) is 6.54 Å². The summed E-state index contributed by atoms with van der Waals surface area (Å²) < 4.78 is 0. The third-order valence-electron chi connectivity index (χ3n) is 12.3. The minimum atomic E-state index is -1.83. The van der Waals surface area contributed by atoms with Gasteiger partial charge in [-0.25, -0.2) is 4.79 Å². The number of carboxylic acid groups (broad SMARTS) is 2. The van der Waals surface area contributed by atoms with E-state index in [0.29, 0.717) is 25.0 Å². The van der Waals surface area contributed by atoms with Crippen molar-refractivity contribution in [2.24, 2.45) is 51.6 Å². The lowest BCUT2D eigenvalue weighted by molar-refractivity contribution is -0.144. The number of amides is 9. The van der Waals surface area contributed by atoms with E-state index < -0.39 is 144 Å². The summed E-state index contributed by atoms with van der Waals surface area (Å²) in [6.07, 6.45) is 0.732. The Labute approximate surface area is 467 Å². The van der Waals surface area contributed by atoms with Gasteiger partial charge in [-0.2, -0.15) is 11.8 Å². The van der Waals surface area contributed by atoms with E-state index in [1.165, 1.54) is 18.7 Å². The van der Waals surface area contributed by atoms with Gasteiger partial charge in [0.25, 0.3) is 0 Å². The topological polar surface area (TPSA) is 473 Å². The lowest BCUT2D eigenvalue weighted by Crippen LogP contribution is -2.61. The van der Waals surface area contributed by atoms with Crippen LogP contribution >= 0.6 is 11.8 Å². The number of carbonyl (C=O) groups excluding carboxylic acids is 9. The minimum absolute atomic E-state index is 0.0251. The molecule has 0 aliphatic heterocycles. The first kappa shape index (κ1) is 72.7. The molecule has 0 unspecified atom stereocenters. The number of carbonyl (C=O) groups is 11. The summed E-state index contributed by atoms with van der Waals surface area (Å²) in [5.41, 5.74) is 22.7. The fraction of sp³-hybridized carbons (Fsp3) is 0.760. The number of unbranched alkanes of at least 4 members (excludes halogenated alkanes) is 1. The van der Waals surface area contributed by atoms with Crippen LogP contribution in [0.25, 0.3) is 0 Å². The van der Waals surface area contributed by atoms with Crippen LogP contribution < -0.4 is 70.8 Å². The molecule has 0 rings (SSSR count). The average Bonchev–Trinajstić information content (AvgIpc) is 3.35. The molecule has 0 saturated heterocycles. The monoisotopic (exact) mass is 1140 g/mol. The number of aliphatic carboxylic acids is 2. The highest BCUT2D eigenvalue weighted by atomic mass is 32.2. The van der Waals surface area contributed by atoms with E-state index in [-0.39, 0.29) is 75.3 Å². The number of hydrogen-bond acceptors (Lipinski definition) is 16. The second-order valence-electron chi connectivity index (χ2n) is 20.7. The van der Waals surface area contributed by atoms with E-state index in [1.54, 1.807) is 40.9 Å². The molecule has 11 atom stereocenters. The minimum Gasteiger partial charge on any atom is -0.481 e. The van der Waals surface area contributed by atoms with E-state index in [1.807, 2.05) is 20.8 Å². The first-order valence-corrected chi connectivity index (χ1v) is 28.1. The number of nitrogens with two attached hydrogens (primary N) is 4. The van der Waals surface area contributed by atoms with E-state index in [0.717, 1.165) is 0 Å².